The second-order valence-electron chi connectivity index (χ2n) is 4.56. The Kier molecular flexibility index (Phi) is 3.94. The predicted molar refractivity (Wildman–Crippen MR) is 87.0 cm³/mol. The number of thiazole rings is 1. The van der Waals surface area contributed by atoms with E-state index in [-0.39, 0.29) is 5.91 Å². The third-order valence-electron chi connectivity index (χ3n) is 2.98. The molecule has 0 spiro atoms. The molecular weight excluding hydrogens is 304 g/mol. The molecule has 1 aromatic carbocycles. The minimum atomic E-state index is -0.0748. The molecule has 2 heterocycles. The third kappa shape index (κ3) is 3.25. The molecule has 0 fully saturated rings. The summed E-state index contributed by atoms with van der Waals surface area (Å²) in [6.45, 7) is 3.93. The van der Waals surface area contributed by atoms with E-state index in [1.54, 1.807) is 0 Å². The highest BCUT2D eigenvalue weighted by Gasteiger charge is 2.10. The molecule has 2 aromatic heterocycles. The fourth-order valence-corrected chi connectivity index (χ4v) is 3.33. The van der Waals surface area contributed by atoms with Crippen LogP contribution in [0, 0.1) is 13.8 Å². The van der Waals surface area contributed by atoms with Crippen molar-refractivity contribution in [3.8, 4) is 0 Å². The van der Waals surface area contributed by atoms with E-state index in [2.05, 4.69) is 20.3 Å². The highest BCUT2D eigenvalue weighted by molar-refractivity contribution is 7.99. The van der Waals surface area contributed by atoms with Gasteiger partial charge in [-0.15, -0.1) is 11.3 Å². The SMILES string of the molecule is Cc1nc(NC(=O)CSc2nc3ccccc3[nH]2)sc1C. The Hall–Kier alpha value is -1.86. The zero-order valence-electron chi connectivity index (χ0n) is 11.6. The number of nitrogens with one attached hydrogen (secondary N) is 2. The lowest BCUT2D eigenvalue weighted by Crippen LogP contribution is -2.13. The van der Waals surface area contributed by atoms with Gasteiger partial charge in [-0.3, -0.25) is 4.79 Å². The van der Waals surface area contributed by atoms with E-state index in [1.165, 1.54) is 23.1 Å². The number of aromatic amines is 1. The molecule has 0 bridgehead atoms. The van der Waals surface area contributed by atoms with Crippen molar-refractivity contribution in [2.45, 2.75) is 19.0 Å². The number of H-pyrrole nitrogens is 1. The summed E-state index contributed by atoms with van der Waals surface area (Å²) in [7, 11) is 0. The van der Waals surface area contributed by atoms with Crippen LogP contribution in [0.25, 0.3) is 11.0 Å². The fraction of sp³-hybridized carbons (Fsp3) is 0.214. The van der Waals surface area contributed by atoms with Crippen molar-refractivity contribution in [3.63, 3.8) is 0 Å². The van der Waals surface area contributed by atoms with Gasteiger partial charge in [-0.25, -0.2) is 9.97 Å². The Balaban J connectivity index is 1.60. The molecule has 3 aromatic rings. The van der Waals surface area contributed by atoms with Crippen LogP contribution in [0.5, 0.6) is 0 Å². The largest absolute Gasteiger partial charge is 0.333 e. The smallest absolute Gasteiger partial charge is 0.236 e. The first-order chi connectivity index (χ1) is 10.1. The molecule has 0 radical (unpaired) electrons. The molecule has 0 unspecified atom stereocenters. The van der Waals surface area contributed by atoms with E-state index >= 15 is 0 Å². The van der Waals surface area contributed by atoms with E-state index in [1.807, 2.05) is 38.1 Å². The predicted octanol–water partition coefficient (Wildman–Crippen LogP) is 3.37. The average molecular weight is 318 g/mol. The fourth-order valence-electron chi connectivity index (χ4n) is 1.81. The second-order valence-corrected chi connectivity index (χ2v) is 6.72. The number of benzene rings is 1. The van der Waals surface area contributed by atoms with Crippen molar-refractivity contribution in [2.24, 2.45) is 0 Å². The van der Waals surface area contributed by atoms with Crippen LogP contribution in [0.4, 0.5) is 5.13 Å². The zero-order valence-corrected chi connectivity index (χ0v) is 13.3. The number of fused-ring (bicyclic) bond motifs is 1. The van der Waals surface area contributed by atoms with Gasteiger partial charge in [0.25, 0.3) is 0 Å². The van der Waals surface area contributed by atoms with Crippen LogP contribution in [-0.2, 0) is 4.79 Å². The summed E-state index contributed by atoms with van der Waals surface area (Å²) in [5.41, 5.74) is 2.85. The normalized spacial score (nSPS) is 11.0. The number of para-hydroxylation sites is 2. The van der Waals surface area contributed by atoms with Crippen LogP contribution in [-0.4, -0.2) is 26.6 Å². The molecule has 0 saturated heterocycles. The summed E-state index contributed by atoms with van der Waals surface area (Å²) in [6, 6.07) is 7.80. The average Bonchev–Trinajstić information content (AvgIpc) is 3.00. The van der Waals surface area contributed by atoms with Crippen LogP contribution in [0.2, 0.25) is 0 Å². The maximum atomic E-state index is 11.9. The Morgan fingerprint density at radius 1 is 1.33 bits per heavy atom. The van der Waals surface area contributed by atoms with Crippen molar-refractivity contribution in [3.05, 3.63) is 34.8 Å². The molecule has 0 atom stereocenters. The molecule has 7 heteroatoms. The van der Waals surface area contributed by atoms with Gasteiger partial charge in [0.15, 0.2) is 10.3 Å². The summed E-state index contributed by atoms with van der Waals surface area (Å²) in [4.78, 5) is 24.9. The van der Waals surface area contributed by atoms with Gasteiger partial charge in [-0.1, -0.05) is 23.9 Å². The number of aromatic nitrogens is 3. The highest BCUT2D eigenvalue weighted by Crippen LogP contribution is 2.22. The molecule has 3 rings (SSSR count). The summed E-state index contributed by atoms with van der Waals surface area (Å²) >= 11 is 2.88. The Bertz CT molecular complexity index is 741. The maximum Gasteiger partial charge on any atom is 0.236 e. The molecule has 0 aliphatic heterocycles. The topological polar surface area (TPSA) is 70.7 Å². The first-order valence-electron chi connectivity index (χ1n) is 6.43. The number of thioether (sulfide) groups is 1. The number of aryl methyl sites for hydroxylation is 2. The van der Waals surface area contributed by atoms with Gasteiger partial charge in [0.05, 0.1) is 22.5 Å². The van der Waals surface area contributed by atoms with Gasteiger partial charge in [0, 0.05) is 4.88 Å². The molecule has 0 aliphatic rings. The van der Waals surface area contributed by atoms with Crippen molar-refractivity contribution < 1.29 is 4.79 Å². The minimum absolute atomic E-state index is 0.0748. The van der Waals surface area contributed by atoms with Gasteiger partial charge < -0.3 is 10.3 Å². The third-order valence-corrected chi connectivity index (χ3v) is 4.84. The lowest BCUT2D eigenvalue weighted by Gasteiger charge is -1.99. The van der Waals surface area contributed by atoms with Crippen molar-refractivity contribution >= 4 is 45.2 Å². The van der Waals surface area contributed by atoms with E-state index in [4.69, 9.17) is 0 Å². The molecule has 0 saturated carbocycles. The first kappa shape index (κ1) is 14.1. The van der Waals surface area contributed by atoms with Crippen molar-refractivity contribution in [1.29, 1.82) is 0 Å². The highest BCUT2D eigenvalue weighted by atomic mass is 32.2. The molecule has 1 amide bonds. The number of imidazole rings is 1. The van der Waals surface area contributed by atoms with Gasteiger partial charge in [0.2, 0.25) is 5.91 Å². The van der Waals surface area contributed by atoms with E-state index in [0.29, 0.717) is 10.9 Å². The molecule has 5 nitrogen and oxygen atoms in total. The maximum absolute atomic E-state index is 11.9. The lowest BCUT2D eigenvalue weighted by molar-refractivity contribution is -0.113. The lowest BCUT2D eigenvalue weighted by atomic mass is 10.3. The zero-order chi connectivity index (χ0) is 14.8. The molecule has 21 heavy (non-hydrogen) atoms. The Labute approximate surface area is 130 Å². The van der Waals surface area contributed by atoms with Gasteiger partial charge in [0.1, 0.15) is 0 Å². The number of rotatable bonds is 4. The van der Waals surface area contributed by atoms with Crippen LogP contribution >= 0.6 is 23.1 Å². The van der Waals surface area contributed by atoms with Gasteiger partial charge in [-0.05, 0) is 26.0 Å². The molecule has 2 N–H and O–H groups in total. The van der Waals surface area contributed by atoms with Crippen LogP contribution < -0.4 is 5.32 Å². The van der Waals surface area contributed by atoms with Crippen LogP contribution in [0.1, 0.15) is 10.6 Å². The van der Waals surface area contributed by atoms with E-state index < -0.39 is 0 Å². The van der Waals surface area contributed by atoms with Gasteiger partial charge in [-0.2, -0.15) is 0 Å². The monoisotopic (exact) mass is 318 g/mol. The molecule has 108 valence electrons. The van der Waals surface area contributed by atoms with Crippen LogP contribution in [0.15, 0.2) is 29.4 Å². The Morgan fingerprint density at radius 3 is 2.86 bits per heavy atom. The number of hydrogen-bond donors (Lipinski definition) is 2. The second kappa shape index (κ2) is 5.87. The van der Waals surface area contributed by atoms with Crippen molar-refractivity contribution in [2.75, 3.05) is 11.1 Å². The molecular formula is C14H14N4OS2. The minimum Gasteiger partial charge on any atom is -0.333 e. The summed E-state index contributed by atoms with van der Waals surface area (Å²) < 4.78 is 0. The standard InChI is InChI=1S/C14H14N4OS2/c1-8-9(2)21-14(15-8)18-12(19)7-20-13-16-10-5-3-4-6-11(10)17-13/h3-6H,7H2,1-2H3,(H,16,17)(H,15,18,19). The quantitative estimate of drug-likeness (QED) is 0.724. The van der Waals surface area contributed by atoms with E-state index in [0.717, 1.165) is 26.8 Å². The summed E-state index contributed by atoms with van der Waals surface area (Å²) in [6.07, 6.45) is 0. The number of anilines is 1. The number of nitrogens with zero attached hydrogens (tertiary/aromatic N) is 2. The van der Waals surface area contributed by atoms with Gasteiger partial charge >= 0.3 is 0 Å². The van der Waals surface area contributed by atoms with Crippen molar-refractivity contribution in [1.82, 2.24) is 15.0 Å². The number of carbonyl (C=O) groups excluding carboxylic acids is 1. The van der Waals surface area contributed by atoms with Crippen LogP contribution in [0.3, 0.4) is 0 Å². The number of hydrogen-bond acceptors (Lipinski definition) is 5. The molecule has 0 aliphatic carbocycles. The summed E-state index contributed by atoms with van der Waals surface area (Å²) in [5.74, 6) is 0.228. The first-order valence-corrected chi connectivity index (χ1v) is 8.23. The number of amides is 1. The van der Waals surface area contributed by atoms with E-state index in [9.17, 15) is 4.79 Å². The Morgan fingerprint density at radius 2 is 2.14 bits per heavy atom. The number of carbonyl (C=O) groups is 1. The summed E-state index contributed by atoms with van der Waals surface area (Å²) in [5, 5.41) is 4.21.